The van der Waals surface area contributed by atoms with Gasteiger partial charge in [0.25, 0.3) is 0 Å². The summed E-state index contributed by atoms with van der Waals surface area (Å²) in [6.07, 6.45) is 4.12. The van der Waals surface area contributed by atoms with Gasteiger partial charge in [0.15, 0.2) is 0 Å². The Morgan fingerprint density at radius 3 is 3.09 bits per heavy atom. The third-order valence-corrected chi connectivity index (χ3v) is 1.30. The summed E-state index contributed by atoms with van der Waals surface area (Å²) in [4.78, 5) is 3.86. The van der Waals surface area contributed by atoms with Gasteiger partial charge in [-0.25, -0.2) is 0 Å². The van der Waals surface area contributed by atoms with Gasteiger partial charge in [-0.3, -0.25) is 4.98 Å². The molecular formula is C9H9NO. The van der Waals surface area contributed by atoms with E-state index in [0.717, 1.165) is 5.56 Å². The zero-order valence-corrected chi connectivity index (χ0v) is 6.07. The van der Waals surface area contributed by atoms with Crippen LogP contribution in [-0.2, 0) is 0 Å². The van der Waals surface area contributed by atoms with Crippen molar-refractivity contribution in [2.24, 2.45) is 0 Å². The highest BCUT2D eigenvalue weighted by Gasteiger charge is 2.00. The fourth-order valence-corrected chi connectivity index (χ4v) is 0.759. The molecule has 0 saturated heterocycles. The molecule has 0 aromatic carbocycles. The lowest BCUT2D eigenvalue weighted by molar-refractivity contribution is 0.228. The van der Waals surface area contributed by atoms with Crippen molar-refractivity contribution in [3.63, 3.8) is 0 Å². The number of aliphatic hydroxyl groups excluding tert-OH is 1. The molecule has 11 heavy (non-hydrogen) atoms. The minimum absolute atomic E-state index is 0.638. The molecule has 1 heterocycles. The van der Waals surface area contributed by atoms with E-state index < -0.39 is 6.10 Å². The lowest BCUT2D eigenvalue weighted by Crippen LogP contribution is -1.91. The van der Waals surface area contributed by atoms with Gasteiger partial charge >= 0.3 is 0 Å². The molecule has 0 fully saturated rings. The molecule has 0 aliphatic rings. The largest absolute Gasteiger partial charge is 0.384 e. The number of aliphatic hydroxyl groups is 1. The Kier molecular flexibility index (Phi) is 2.61. The van der Waals surface area contributed by atoms with E-state index in [2.05, 4.69) is 17.3 Å². The lowest BCUT2D eigenvalue weighted by atomic mass is 10.2. The Morgan fingerprint density at radius 1 is 1.73 bits per heavy atom. The molecule has 0 unspecified atom stereocenters. The number of hydrogen-bond acceptors (Lipinski definition) is 2. The summed E-state index contributed by atoms with van der Waals surface area (Å²) in [5.74, 6) is 0. The summed E-state index contributed by atoms with van der Waals surface area (Å²) in [7, 11) is 0. The molecule has 0 spiro atoms. The van der Waals surface area contributed by atoms with Gasteiger partial charge in [-0.05, 0) is 12.1 Å². The second kappa shape index (κ2) is 3.71. The Balaban J connectivity index is 2.84. The molecule has 56 valence electrons. The highest BCUT2D eigenvalue weighted by Crippen LogP contribution is 2.10. The quantitative estimate of drug-likeness (QED) is 0.642. The summed E-state index contributed by atoms with van der Waals surface area (Å²) in [5.41, 5.74) is 3.27. The molecular weight excluding hydrogens is 138 g/mol. The van der Waals surface area contributed by atoms with E-state index in [-0.39, 0.29) is 0 Å². The Morgan fingerprint density at radius 2 is 2.55 bits per heavy atom. The van der Waals surface area contributed by atoms with E-state index in [1.807, 2.05) is 0 Å². The van der Waals surface area contributed by atoms with Crippen LogP contribution >= 0.6 is 0 Å². The van der Waals surface area contributed by atoms with Gasteiger partial charge < -0.3 is 5.11 Å². The molecule has 0 amide bonds. The third kappa shape index (κ3) is 2.04. The predicted octanol–water partition coefficient (Wildman–Crippen LogP) is 1.46. The van der Waals surface area contributed by atoms with Gasteiger partial charge in [0.1, 0.15) is 6.10 Å². The molecule has 1 N–H and O–H groups in total. The van der Waals surface area contributed by atoms with Crippen molar-refractivity contribution in [1.82, 2.24) is 4.98 Å². The van der Waals surface area contributed by atoms with Crippen molar-refractivity contribution in [2.45, 2.75) is 6.10 Å². The van der Waals surface area contributed by atoms with Gasteiger partial charge in [-0.1, -0.05) is 12.6 Å². The average Bonchev–Trinajstić information content (AvgIpc) is 2.07. The summed E-state index contributed by atoms with van der Waals surface area (Å²) < 4.78 is 0. The molecule has 0 aliphatic heterocycles. The zero-order chi connectivity index (χ0) is 8.10. The molecule has 1 rings (SSSR count). The SMILES string of the molecule is C=C=C[C@H](O)c1cccnc1. The van der Waals surface area contributed by atoms with Crippen molar-refractivity contribution in [1.29, 1.82) is 0 Å². The molecule has 0 bridgehead atoms. The van der Waals surface area contributed by atoms with Gasteiger partial charge in [0.2, 0.25) is 0 Å². The topological polar surface area (TPSA) is 33.1 Å². The molecule has 1 aromatic heterocycles. The van der Waals surface area contributed by atoms with E-state index in [1.54, 1.807) is 24.5 Å². The highest BCUT2D eigenvalue weighted by atomic mass is 16.3. The summed E-state index contributed by atoms with van der Waals surface area (Å²) in [5, 5.41) is 9.32. The van der Waals surface area contributed by atoms with Crippen LogP contribution in [0.15, 0.2) is 42.9 Å². The number of nitrogens with zero attached hydrogens (tertiary/aromatic N) is 1. The first-order valence-corrected chi connectivity index (χ1v) is 3.28. The van der Waals surface area contributed by atoms with Crippen LogP contribution < -0.4 is 0 Å². The zero-order valence-electron chi connectivity index (χ0n) is 6.07. The van der Waals surface area contributed by atoms with Crippen LogP contribution in [0.25, 0.3) is 0 Å². The van der Waals surface area contributed by atoms with E-state index in [9.17, 15) is 5.11 Å². The molecule has 0 radical (unpaired) electrons. The summed E-state index contributed by atoms with van der Waals surface area (Å²) in [6.45, 7) is 3.37. The standard InChI is InChI=1S/C9H9NO/c1-2-4-9(11)8-5-3-6-10-7-8/h3-7,9,11H,1H2/t9-/m0/s1. The van der Waals surface area contributed by atoms with E-state index in [0.29, 0.717) is 0 Å². The predicted molar refractivity (Wildman–Crippen MR) is 42.9 cm³/mol. The van der Waals surface area contributed by atoms with Crippen molar-refractivity contribution < 1.29 is 5.11 Å². The number of hydrogen-bond donors (Lipinski definition) is 1. The van der Waals surface area contributed by atoms with E-state index in [4.69, 9.17) is 0 Å². The molecule has 1 atom stereocenters. The van der Waals surface area contributed by atoms with Crippen LogP contribution in [0.1, 0.15) is 11.7 Å². The van der Waals surface area contributed by atoms with E-state index in [1.165, 1.54) is 6.08 Å². The van der Waals surface area contributed by atoms with Crippen LogP contribution in [0, 0.1) is 0 Å². The van der Waals surface area contributed by atoms with Crippen molar-refractivity contribution >= 4 is 0 Å². The maximum Gasteiger partial charge on any atom is 0.106 e. The molecule has 0 saturated carbocycles. The van der Waals surface area contributed by atoms with E-state index >= 15 is 0 Å². The Bertz CT molecular complexity index is 262. The van der Waals surface area contributed by atoms with Gasteiger partial charge in [-0.15, -0.1) is 5.73 Å². The van der Waals surface area contributed by atoms with Crippen LogP contribution in [-0.4, -0.2) is 10.1 Å². The molecule has 2 heteroatoms. The first-order valence-electron chi connectivity index (χ1n) is 3.28. The lowest BCUT2D eigenvalue weighted by Gasteiger charge is -2.01. The number of aromatic nitrogens is 1. The highest BCUT2D eigenvalue weighted by molar-refractivity contribution is 5.15. The minimum atomic E-state index is -0.638. The third-order valence-electron chi connectivity index (χ3n) is 1.30. The van der Waals surface area contributed by atoms with Crippen LogP contribution in [0.3, 0.4) is 0 Å². The fraction of sp³-hybridized carbons (Fsp3) is 0.111. The van der Waals surface area contributed by atoms with Gasteiger partial charge in [0.05, 0.1) is 0 Å². The van der Waals surface area contributed by atoms with Crippen LogP contribution in [0.5, 0.6) is 0 Å². The second-order valence-corrected chi connectivity index (χ2v) is 2.10. The second-order valence-electron chi connectivity index (χ2n) is 2.10. The fourth-order valence-electron chi connectivity index (χ4n) is 0.759. The van der Waals surface area contributed by atoms with Crippen LogP contribution in [0.2, 0.25) is 0 Å². The molecule has 0 aliphatic carbocycles. The Hall–Kier alpha value is -1.37. The maximum absolute atomic E-state index is 9.32. The van der Waals surface area contributed by atoms with Gasteiger partial charge in [-0.2, -0.15) is 0 Å². The Labute approximate surface area is 65.5 Å². The summed E-state index contributed by atoms with van der Waals surface area (Å²) in [6, 6.07) is 3.57. The first kappa shape index (κ1) is 7.73. The monoisotopic (exact) mass is 147 g/mol. The molecule has 2 nitrogen and oxygen atoms in total. The van der Waals surface area contributed by atoms with Crippen molar-refractivity contribution in [3.8, 4) is 0 Å². The first-order chi connectivity index (χ1) is 5.34. The number of pyridine rings is 1. The van der Waals surface area contributed by atoms with Crippen LogP contribution in [0.4, 0.5) is 0 Å². The summed E-state index contributed by atoms with van der Waals surface area (Å²) >= 11 is 0. The number of rotatable bonds is 2. The average molecular weight is 147 g/mol. The van der Waals surface area contributed by atoms with Crippen molar-refractivity contribution in [3.05, 3.63) is 48.5 Å². The van der Waals surface area contributed by atoms with Crippen molar-refractivity contribution in [2.75, 3.05) is 0 Å². The van der Waals surface area contributed by atoms with Gasteiger partial charge in [0, 0.05) is 18.0 Å². The minimum Gasteiger partial charge on any atom is -0.384 e. The maximum atomic E-state index is 9.32. The normalized spacial score (nSPS) is 11.7. The molecule has 1 aromatic rings. The smallest absolute Gasteiger partial charge is 0.106 e.